The summed E-state index contributed by atoms with van der Waals surface area (Å²) in [5, 5.41) is 0. The van der Waals surface area contributed by atoms with Gasteiger partial charge in [-0.25, -0.2) is 18.4 Å². The fourth-order valence-corrected chi connectivity index (χ4v) is 3.05. The molecule has 3 rings (SSSR count). The molecule has 1 fully saturated rings. The fraction of sp³-hybridized carbons (Fsp3) is 0.333. The second-order valence-corrected chi connectivity index (χ2v) is 6.66. The number of hydrogen-bond donors (Lipinski definition) is 0. The number of hydrogen-bond acceptors (Lipinski definition) is 6. The third-order valence-corrected chi connectivity index (χ3v) is 4.84. The predicted octanol–water partition coefficient (Wildman–Crippen LogP) is 3.63. The number of rotatable bonds is 6. The Labute approximate surface area is 167 Å². The van der Waals surface area contributed by atoms with E-state index < -0.39 is 29.3 Å². The average Bonchev–Trinajstić information content (AvgIpc) is 2.90. The van der Waals surface area contributed by atoms with Gasteiger partial charge in [0.05, 0.1) is 32.1 Å². The van der Waals surface area contributed by atoms with Gasteiger partial charge in [-0.2, -0.15) is 0 Å². The molecule has 1 saturated carbocycles. The SMILES string of the molecule is COC(=O)C1=C(C(=O)OC)N(c2cc(F)c(OCC3CCC3)c(F)c2)C=CC=C1. The number of ether oxygens (including phenoxy) is 3. The van der Waals surface area contributed by atoms with Crippen molar-refractivity contribution in [1.82, 2.24) is 0 Å². The lowest BCUT2D eigenvalue weighted by atomic mass is 9.86. The van der Waals surface area contributed by atoms with Crippen LogP contribution in [0, 0.1) is 17.6 Å². The number of benzene rings is 1. The highest BCUT2D eigenvalue weighted by Crippen LogP contribution is 2.33. The monoisotopic (exact) mass is 405 g/mol. The molecule has 1 aromatic rings. The van der Waals surface area contributed by atoms with Crippen LogP contribution in [0.1, 0.15) is 19.3 Å². The second kappa shape index (κ2) is 8.89. The molecule has 0 saturated heterocycles. The number of anilines is 1. The normalized spacial score (nSPS) is 16.3. The number of carbonyl (C=O) groups excluding carboxylic acids is 2. The summed E-state index contributed by atoms with van der Waals surface area (Å²) in [6.45, 7) is 0.251. The van der Waals surface area contributed by atoms with E-state index in [1.165, 1.54) is 29.3 Å². The number of halogens is 2. The van der Waals surface area contributed by atoms with Gasteiger partial charge in [0.1, 0.15) is 5.70 Å². The summed E-state index contributed by atoms with van der Waals surface area (Å²) in [5.74, 6) is -3.63. The topological polar surface area (TPSA) is 65.1 Å². The summed E-state index contributed by atoms with van der Waals surface area (Å²) in [5.41, 5.74) is -0.362. The van der Waals surface area contributed by atoms with Gasteiger partial charge in [-0.05, 0) is 30.9 Å². The molecule has 1 aliphatic carbocycles. The Morgan fingerprint density at radius 3 is 2.28 bits per heavy atom. The Morgan fingerprint density at radius 1 is 1.07 bits per heavy atom. The highest BCUT2D eigenvalue weighted by Gasteiger charge is 2.29. The smallest absolute Gasteiger partial charge is 0.355 e. The average molecular weight is 405 g/mol. The molecule has 1 heterocycles. The number of methoxy groups -OCH3 is 2. The van der Waals surface area contributed by atoms with Crippen LogP contribution in [0.4, 0.5) is 14.5 Å². The minimum atomic E-state index is -0.909. The largest absolute Gasteiger partial charge is 0.487 e. The van der Waals surface area contributed by atoms with E-state index >= 15 is 0 Å². The van der Waals surface area contributed by atoms with Crippen molar-refractivity contribution >= 4 is 17.6 Å². The zero-order valence-electron chi connectivity index (χ0n) is 16.1. The van der Waals surface area contributed by atoms with Crippen molar-refractivity contribution in [2.45, 2.75) is 19.3 Å². The van der Waals surface area contributed by atoms with Gasteiger partial charge in [0.2, 0.25) is 0 Å². The van der Waals surface area contributed by atoms with Gasteiger partial charge in [-0.1, -0.05) is 12.5 Å². The van der Waals surface area contributed by atoms with Crippen LogP contribution in [-0.2, 0) is 19.1 Å². The van der Waals surface area contributed by atoms with Gasteiger partial charge in [-0.3, -0.25) is 0 Å². The molecule has 2 aliphatic rings. The maximum Gasteiger partial charge on any atom is 0.355 e. The van der Waals surface area contributed by atoms with Crippen molar-refractivity contribution in [2.75, 3.05) is 25.7 Å². The number of allylic oxidation sites excluding steroid dienone is 2. The van der Waals surface area contributed by atoms with Crippen LogP contribution in [-0.4, -0.2) is 32.8 Å². The molecule has 0 amide bonds. The molecule has 0 radical (unpaired) electrons. The van der Waals surface area contributed by atoms with Crippen molar-refractivity contribution in [3.63, 3.8) is 0 Å². The third kappa shape index (κ3) is 4.31. The molecule has 0 unspecified atom stereocenters. The maximum absolute atomic E-state index is 14.6. The summed E-state index contributed by atoms with van der Waals surface area (Å²) in [6.07, 6.45) is 8.82. The molecule has 0 aromatic heterocycles. The third-order valence-electron chi connectivity index (χ3n) is 4.84. The van der Waals surface area contributed by atoms with E-state index in [0.29, 0.717) is 5.92 Å². The minimum absolute atomic E-state index is 0.0160. The van der Waals surface area contributed by atoms with Crippen molar-refractivity contribution in [3.8, 4) is 5.75 Å². The van der Waals surface area contributed by atoms with E-state index in [1.54, 1.807) is 0 Å². The van der Waals surface area contributed by atoms with E-state index in [0.717, 1.165) is 45.6 Å². The molecule has 0 N–H and O–H groups in total. The van der Waals surface area contributed by atoms with Crippen LogP contribution >= 0.6 is 0 Å². The van der Waals surface area contributed by atoms with Crippen molar-refractivity contribution in [3.05, 3.63) is 59.5 Å². The Bertz CT molecular complexity index is 879. The Morgan fingerprint density at radius 2 is 1.72 bits per heavy atom. The van der Waals surface area contributed by atoms with Crippen LogP contribution in [0.3, 0.4) is 0 Å². The van der Waals surface area contributed by atoms with Crippen molar-refractivity contribution in [1.29, 1.82) is 0 Å². The molecule has 8 heteroatoms. The Hall–Kier alpha value is -3.16. The summed E-state index contributed by atoms with van der Waals surface area (Å²) in [4.78, 5) is 25.7. The van der Waals surface area contributed by atoms with Crippen LogP contribution < -0.4 is 9.64 Å². The summed E-state index contributed by atoms with van der Waals surface area (Å²) in [6, 6.07) is 2.07. The highest BCUT2D eigenvalue weighted by molar-refractivity contribution is 6.05. The first-order chi connectivity index (χ1) is 14.0. The fourth-order valence-electron chi connectivity index (χ4n) is 3.05. The van der Waals surface area contributed by atoms with E-state index in [1.807, 2.05) is 0 Å². The van der Waals surface area contributed by atoms with E-state index in [4.69, 9.17) is 14.2 Å². The molecular formula is C21H21F2NO5. The van der Waals surface area contributed by atoms with Gasteiger partial charge >= 0.3 is 11.9 Å². The van der Waals surface area contributed by atoms with Gasteiger partial charge < -0.3 is 19.1 Å². The number of carbonyl (C=O) groups is 2. The molecule has 0 bridgehead atoms. The van der Waals surface area contributed by atoms with Gasteiger partial charge in [-0.15, -0.1) is 0 Å². The lowest BCUT2D eigenvalue weighted by Crippen LogP contribution is -2.27. The lowest BCUT2D eigenvalue weighted by molar-refractivity contribution is -0.139. The van der Waals surface area contributed by atoms with E-state index in [9.17, 15) is 18.4 Å². The van der Waals surface area contributed by atoms with Crippen LogP contribution in [0.15, 0.2) is 47.8 Å². The zero-order chi connectivity index (χ0) is 21.0. The van der Waals surface area contributed by atoms with Crippen LogP contribution in [0.25, 0.3) is 0 Å². The number of esters is 2. The molecule has 154 valence electrons. The Balaban J connectivity index is 2.00. The quantitative estimate of drug-likeness (QED) is 0.674. The van der Waals surface area contributed by atoms with Crippen LogP contribution in [0.2, 0.25) is 0 Å². The Kier molecular flexibility index (Phi) is 6.31. The second-order valence-electron chi connectivity index (χ2n) is 6.66. The number of nitrogens with zero attached hydrogens (tertiary/aromatic N) is 1. The van der Waals surface area contributed by atoms with Crippen molar-refractivity contribution < 1.29 is 32.6 Å². The molecule has 6 nitrogen and oxygen atoms in total. The van der Waals surface area contributed by atoms with Gasteiger partial charge in [0.15, 0.2) is 17.4 Å². The first-order valence-electron chi connectivity index (χ1n) is 9.13. The first kappa shape index (κ1) is 20.6. The van der Waals surface area contributed by atoms with Gasteiger partial charge in [0.25, 0.3) is 0 Å². The molecular weight excluding hydrogens is 384 g/mol. The maximum atomic E-state index is 14.6. The molecule has 0 atom stereocenters. The van der Waals surface area contributed by atoms with E-state index in [2.05, 4.69) is 0 Å². The summed E-state index contributed by atoms with van der Waals surface area (Å²) >= 11 is 0. The summed E-state index contributed by atoms with van der Waals surface area (Å²) < 4.78 is 44.0. The van der Waals surface area contributed by atoms with E-state index in [-0.39, 0.29) is 23.6 Å². The summed E-state index contributed by atoms with van der Waals surface area (Å²) in [7, 11) is 2.30. The standard InChI is InChI=1S/C21H21F2NO5/c1-27-20(25)15-8-3-4-9-24(18(15)21(26)28-2)14-10-16(22)19(17(23)11-14)29-12-13-6-5-7-13/h3-4,8-11,13H,5-7,12H2,1-2H3. The molecule has 0 spiro atoms. The molecule has 1 aromatic carbocycles. The van der Waals surface area contributed by atoms with Gasteiger partial charge in [0, 0.05) is 18.3 Å². The first-order valence-corrected chi connectivity index (χ1v) is 9.13. The predicted molar refractivity (Wildman–Crippen MR) is 101 cm³/mol. The minimum Gasteiger partial charge on any atom is -0.487 e. The molecule has 1 aliphatic heterocycles. The highest BCUT2D eigenvalue weighted by atomic mass is 19.1. The van der Waals surface area contributed by atoms with Crippen molar-refractivity contribution in [2.24, 2.45) is 5.92 Å². The lowest BCUT2D eigenvalue weighted by Gasteiger charge is -2.26. The zero-order valence-corrected chi connectivity index (χ0v) is 16.1. The van der Waals surface area contributed by atoms with Crippen LogP contribution in [0.5, 0.6) is 5.75 Å². The molecule has 29 heavy (non-hydrogen) atoms.